The second-order valence-corrected chi connectivity index (χ2v) is 8.40. The molecular weight excluding hydrogens is 382 g/mol. The molecule has 1 N–H and O–H groups in total. The van der Waals surface area contributed by atoms with E-state index in [0.29, 0.717) is 44.2 Å². The van der Waals surface area contributed by atoms with Gasteiger partial charge < -0.3 is 23.9 Å². The van der Waals surface area contributed by atoms with Gasteiger partial charge in [-0.3, -0.25) is 9.59 Å². The number of fused-ring (bicyclic) bond motifs is 1. The molecule has 1 unspecified atom stereocenters. The highest BCUT2D eigenvalue weighted by Gasteiger charge is 2.48. The van der Waals surface area contributed by atoms with Crippen molar-refractivity contribution in [1.29, 1.82) is 0 Å². The Hall–Kier alpha value is -2.54. The van der Waals surface area contributed by atoms with Crippen molar-refractivity contribution in [2.45, 2.75) is 64.1 Å². The second-order valence-electron chi connectivity index (χ2n) is 8.40. The number of rotatable bonds is 8. The smallest absolute Gasteiger partial charge is 0.271 e. The topological polar surface area (TPSA) is 76.7 Å². The van der Waals surface area contributed by atoms with Crippen molar-refractivity contribution < 1.29 is 18.7 Å². The lowest BCUT2D eigenvalue weighted by Crippen LogP contribution is -2.65. The van der Waals surface area contributed by atoms with Crippen LogP contribution in [0.2, 0.25) is 0 Å². The molecule has 0 saturated heterocycles. The summed E-state index contributed by atoms with van der Waals surface area (Å²) in [4.78, 5) is 28.7. The van der Waals surface area contributed by atoms with Gasteiger partial charge in [0.1, 0.15) is 17.0 Å². The summed E-state index contributed by atoms with van der Waals surface area (Å²) in [6.07, 6.45) is 6.61. The molecule has 2 aromatic rings. The quantitative estimate of drug-likeness (QED) is 0.673. The van der Waals surface area contributed by atoms with Crippen molar-refractivity contribution in [2.24, 2.45) is 0 Å². The minimum Gasteiger partial charge on any atom is -0.463 e. The molecule has 3 heterocycles. The number of ether oxygens (including phenoxy) is 1. The Balaban J connectivity index is 1.65. The van der Waals surface area contributed by atoms with E-state index >= 15 is 0 Å². The van der Waals surface area contributed by atoms with Crippen molar-refractivity contribution in [3.05, 3.63) is 36.2 Å². The summed E-state index contributed by atoms with van der Waals surface area (Å²) in [6, 6.07) is 7.61. The van der Waals surface area contributed by atoms with E-state index in [1.165, 1.54) is 0 Å². The molecule has 0 spiro atoms. The predicted octanol–water partition coefficient (Wildman–Crippen LogP) is 3.45. The Morgan fingerprint density at radius 3 is 2.73 bits per heavy atom. The van der Waals surface area contributed by atoms with Crippen LogP contribution in [0.5, 0.6) is 0 Å². The summed E-state index contributed by atoms with van der Waals surface area (Å²) < 4.78 is 13.0. The van der Waals surface area contributed by atoms with Gasteiger partial charge in [-0.2, -0.15) is 0 Å². The van der Waals surface area contributed by atoms with E-state index in [1.54, 1.807) is 11.2 Å². The van der Waals surface area contributed by atoms with Crippen molar-refractivity contribution in [1.82, 2.24) is 14.8 Å². The van der Waals surface area contributed by atoms with Gasteiger partial charge in [-0.15, -0.1) is 0 Å². The van der Waals surface area contributed by atoms with E-state index in [4.69, 9.17) is 9.15 Å². The Labute approximate surface area is 177 Å². The van der Waals surface area contributed by atoms with E-state index in [-0.39, 0.29) is 17.9 Å². The molecule has 7 nitrogen and oxygen atoms in total. The lowest BCUT2D eigenvalue weighted by molar-refractivity contribution is -0.133. The zero-order valence-corrected chi connectivity index (χ0v) is 17.9. The fourth-order valence-electron chi connectivity index (χ4n) is 4.64. The molecule has 30 heavy (non-hydrogen) atoms. The number of aromatic nitrogens is 1. The largest absolute Gasteiger partial charge is 0.463 e. The van der Waals surface area contributed by atoms with E-state index in [1.807, 2.05) is 42.7 Å². The molecule has 0 radical (unpaired) electrons. The average molecular weight is 414 g/mol. The van der Waals surface area contributed by atoms with Crippen LogP contribution in [0.15, 0.2) is 34.9 Å². The van der Waals surface area contributed by atoms with Crippen LogP contribution >= 0.6 is 0 Å². The fourth-order valence-corrected chi connectivity index (χ4v) is 4.64. The van der Waals surface area contributed by atoms with E-state index in [9.17, 15) is 9.59 Å². The standard InChI is InChI=1S/C23H31N3O4/c1-3-29-14-7-13-26-21(27)19-12-11-18(20-10-6-15-30-20)25(19)16-23(26,2)22(28)24-17-8-4-5-9-17/h6,10-12,15,17H,3-5,7-9,13-14,16H2,1-2H3,(H,24,28). The summed E-state index contributed by atoms with van der Waals surface area (Å²) in [5, 5.41) is 3.22. The molecule has 1 aliphatic carbocycles. The van der Waals surface area contributed by atoms with Gasteiger partial charge in [0.2, 0.25) is 5.91 Å². The minimum atomic E-state index is -0.973. The van der Waals surface area contributed by atoms with Crippen LogP contribution in [-0.4, -0.2) is 52.6 Å². The molecule has 1 saturated carbocycles. The van der Waals surface area contributed by atoms with Gasteiger partial charge in [0.05, 0.1) is 18.5 Å². The summed E-state index contributed by atoms with van der Waals surface area (Å²) >= 11 is 0. The number of nitrogens with zero attached hydrogens (tertiary/aromatic N) is 2. The molecule has 7 heteroatoms. The van der Waals surface area contributed by atoms with Crippen LogP contribution in [0.4, 0.5) is 0 Å². The SMILES string of the molecule is CCOCCCN1C(=O)c2ccc(-c3ccco3)n2CC1(C)C(=O)NC1CCCC1. The van der Waals surface area contributed by atoms with Gasteiger partial charge in [0, 0.05) is 25.8 Å². The molecule has 4 rings (SSSR count). The maximum atomic E-state index is 13.5. The zero-order valence-electron chi connectivity index (χ0n) is 17.9. The van der Waals surface area contributed by atoms with Crippen molar-refractivity contribution in [3.8, 4) is 11.5 Å². The number of carbonyl (C=O) groups excluding carboxylic acids is 2. The third-order valence-corrected chi connectivity index (χ3v) is 6.33. The minimum absolute atomic E-state index is 0.0797. The van der Waals surface area contributed by atoms with Crippen LogP contribution in [0.3, 0.4) is 0 Å². The fraction of sp³-hybridized carbons (Fsp3) is 0.565. The first-order valence-corrected chi connectivity index (χ1v) is 11.0. The number of amides is 2. The van der Waals surface area contributed by atoms with Gasteiger partial charge in [0.25, 0.3) is 5.91 Å². The second kappa shape index (κ2) is 8.68. The Bertz CT molecular complexity index is 882. The van der Waals surface area contributed by atoms with Gasteiger partial charge in [-0.1, -0.05) is 12.8 Å². The molecule has 2 aromatic heterocycles. The van der Waals surface area contributed by atoms with Crippen LogP contribution in [0.1, 0.15) is 56.4 Å². The van der Waals surface area contributed by atoms with Crippen molar-refractivity contribution >= 4 is 11.8 Å². The first-order chi connectivity index (χ1) is 14.5. The maximum Gasteiger partial charge on any atom is 0.271 e. The number of carbonyl (C=O) groups is 2. The van der Waals surface area contributed by atoms with Gasteiger partial charge in [-0.25, -0.2) is 0 Å². The monoisotopic (exact) mass is 413 g/mol. The molecule has 1 fully saturated rings. The lowest BCUT2D eigenvalue weighted by atomic mass is 9.93. The maximum absolute atomic E-state index is 13.5. The van der Waals surface area contributed by atoms with Crippen molar-refractivity contribution in [3.63, 3.8) is 0 Å². The average Bonchev–Trinajstić information content (AvgIpc) is 3.48. The van der Waals surface area contributed by atoms with E-state index in [2.05, 4.69) is 5.32 Å². The molecule has 2 aliphatic rings. The van der Waals surface area contributed by atoms with Gasteiger partial charge in [-0.05, 0) is 57.4 Å². The van der Waals surface area contributed by atoms with Gasteiger partial charge >= 0.3 is 0 Å². The summed E-state index contributed by atoms with van der Waals surface area (Å²) in [6.45, 7) is 5.92. The number of nitrogens with one attached hydrogen (secondary N) is 1. The molecule has 0 bridgehead atoms. The molecule has 1 atom stereocenters. The predicted molar refractivity (Wildman–Crippen MR) is 113 cm³/mol. The molecular formula is C23H31N3O4. The van der Waals surface area contributed by atoms with Crippen LogP contribution in [-0.2, 0) is 16.1 Å². The highest BCUT2D eigenvalue weighted by atomic mass is 16.5. The number of furan rings is 1. The number of hydrogen-bond acceptors (Lipinski definition) is 4. The molecule has 2 amide bonds. The first kappa shape index (κ1) is 20.7. The summed E-state index contributed by atoms with van der Waals surface area (Å²) in [7, 11) is 0. The van der Waals surface area contributed by atoms with Crippen LogP contribution < -0.4 is 5.32 Å². The van der Waals surface area contributed by atoms with E-state index < -0.39 is 5.54 Å². The molecule has 162 valence electrons. The molecule has 0 aromatic carbocycles. The Morgan fingerprint density at radius 1 is 1.27 bits per heavy atom. The van der Waals surface area contributed by atoms with Crippen LogP contribution in [0.25, 0.3) is 11.5 Å². The van der Waals surface area contributed by atoms with Gasteiger partial charge in [0.15, 0.2) is 0 Å². The highest BCUT2D eigenvalue weighted by molar-refractivity contribution is 6.00. The third kappa shape index (κ3) is 3.78. The first-order valence-electron chi connectivity index (χ1n) is 11.0. The zero-order chi connectivity index (χ0) is 21.1. The highest BCUT2D eigenvalue weighted by Crippen LogP contribution is 2.34. The number of hydrogen-bond donors (Lipinski definition) is 1. The van der Waals surface area contributed by atoms with Crippen molar-refractivity contribution in [2.75, 3.05) is 19.8 Å². The Kier molecular flexibility index (Phi) is 5.99. The van der Waals surface area contributed by atoms with E-state index in [0.717, 1.165) is 31.4 Å². The lowest BCUT2D eigenvalue weighted by Gasteiger charge is -2.44. The Morgan fingerprint density at radius 2 is 2.03 bits per heavy atom. The summed E-state index contributed by atoms with van der Waals surface area (Å²) in [5.41, 5.74) is 0.431. The molecule has 1 aliphatic heterocycles. The third-order valence-electron chi connectivity index (χ3n) is 6.33. The summed E-state index contributed by atoms with van der Waals surface area (Å²) in [5.74, 6) is 0.487. The normalized spacial score (nSPS) is 21.8. The van der Waals surface area contributed by atoms with Crippen LogP contribution in [0, 0.1) is 0 Å².